The highest BCUT2D eigenvalue weighted by molar-refractivity contribution is 5.97. The fraction of sp³-hybridized carbons (Fsp3) is 0. The molecule has 6 heteroatoms. The predicted octanol–water partition coefficient (Wildman–Crippen LogP) is 7.25. The summed E-state index contributed by atoms with van der Waals surface area (Å²) >= 11 is 0. The van der Waals surface area contributed by atoms with Crippen LogP contribution in [0.25, 0.3) is 10.8 Å². The van der Waals surface area contributed by atoms with Crippen molar-refractivity contribution in [1.82, 2.24) is 0 Å². The molecule has 0 amide bonds. The smallest absolute Gasteiger partial charge is 0.161 e. The first-order valence-electron chi connectivity index (χ1n) is 8.88. The maximum Gasteiger partial charge on any atom is 0.161 e. The normalized spacial score (nSPS) is 11.3. The molecule has 0 aliphatic rings. The van der Waals surface area contributed by atoms with Gasteiger partial charge in [-0.25, -0.2) is 0 Å². The number of hydrogen-bond donors (Lipinski definition) is 1. The molecular formula is C23H15N5O. The molecule has 4 rings (SSSR count). The van der Waals surface area contributed by atoms with Crippen LogP contribution in [0.5, 0.6) is 5.75 Å². The van der Waals surface area contributed by atoms with Gasteiger partial charge in [-0.3, -0.25) is 0 Å². The quantitative estimate of drug-likeness (QED) is 0.379. The summed E-state index contributed by atoms with van der Waals surface area (Å²) in [7, 11) is 0. The van der Waals surface area contributed by atoms with Crippen LogP contribution in [-0.4, -0.2) is 5.11 Å². The van der Waals surface area contributed by atoms with Gasteiger partial charge in [0.2, 0.25) is 0 Å². The summed E-state index contributed by atoms with van der Waals surface area (Å²) in [4.78, 5) is 0. The van der Waals surface area contributed by atoms with Crippen molar-refractivity contribution >= 4 is 33.5 Å². The number of phenols is 1. The minimum atomic E-state index is -0.178. The summed E-state index contributed by atoms with van der Waals surface area (Å²) in [5.74, 6) is -0.178. The van der Waals surface area contributed by atoms with Crippen LogP contribution in [0.3, 0.4) is 0 Å². The molecule has 0 fully saturated rings. The molecule has 0 saturated carbocycles. The molecule has 0 aliphatic carbocycles. The van der Waals surface area contributed by atoms with E-state index in [9.17, 15) is 10.4 Å². The third-order valence-corrected chi connectivity index (χ3v) is 4.27. The summed E-state index contributed by atoms with van der Waals surface area (Å²) in [6.45, 7) is 0. The van der Waals surface area contributed by atoms with Crippen molar-refractivity contribution in [3.8, 4) is 11.8 Å². The van der Waals surface area contributed by atoms with Gasteiger partial charge in [0.25, 0.3) is 0 Å². The van der Waals surface area contributed by atoms with Gasteiger partial charge in [-0.05, 0) is 47.9 Å². The highest BCUT2D eigenvalue weighted by atomic mass is 16.3. The standard InChI is InChI=1S/C23H15N5O/c24-15-17-14-16-6-4-5-9-21(16)22(23(17)29)28-27-20-12-10-19(11-13-20)26-25-18-7-2-1-3-8-18/h1-14,29H. The third kappa shape index (κ3) is 3.99. The molecule has 4 aromatic rings. The average molecular weight is 377 g/mol. The van der Waals surface area contributed by atoms with E-state index in [1.807, 2.05) is 60.7 Å². The van der Waals surface area contributed by atoms with Crippen molar-refractivity contribution in [1.29, 1.82) is 5.26 Å². The number of hydrogen-bond acceptors (Lipinski definition) is 6. The summed E-state index contributed by atoms with van der Waals surface area (Å²) < 4.78 is 0. The molecule has 0 radical (unpaired) electrons. The van der Waals surface area contributed by atoms with E-state index >= 15 is 0 Å². The summed E-state index contributed by atoms with van der Waals surface area (Å²) in [6, 6.07) is 27.6. The van der Waals surface area contributed by atoms with Crippen LogP contribution in [0.4, 0.5) is 22.7 Å². The molecule has 138 valence electrons. The number of phenolic OH excluding ortho intramolecular Hbond substituents is 1. The minimum absolute atomic E-state index is 0.161. The lowest BCUT2D eigenvalue weighted by atomic mass is 10.0. The minimum Gasteiger partial charge on any atom is -0.504 e. The molecule has 0 saturated heterocycles. The Labute approximate surface area is 167 Å². The zero-order valence-corrected chi connectivity index (χ0v) is 15.3. The highest BCUT2D eigenvalue weighted by Crippen LogP contribution is 2.39. The van der Waals surface area contributed by atoms with Gasteiger partial charge in [-0.15, -0.1) is 5.11 Å². The first-order valence-corrected chi connectivity index (χ1v) is 8.88. The molecule has 0 bridgehead atoms. The number of aromatic hydroxyl groups is 1. The van der Waals surface area contributed by atoms with Gasteiger partial charge in [0.1, 0.15) is 11.8 Å². The number of azo groups is 2. The molecular weight excluding hydrogens is 362 g/mol. The van der Waals surface area contributed by atoms with E-state index in [1.165, 1.54) is 0 Å². The summed E-state index contributed by atoms with van der Waals surface area (Å²) in [5.41, 5.74) is 2.49. The van der Waals surface area contributed by atoms with Crippen molar-refractivity contribution in [2.24, 2.45) is 20.5 Å². The molecule has 29 heavy (non-hydrogen) atoms. The van der Waals surface area contributed by atoms with Gasteiger partial charge in [0.15, 0.2) is 5.75 Å². The van der Waals surface area contributed by atoms with Crippen LogP contribution >= 0.6 is 0 Å². The van der Waals surface area contributed by atoms with Crippen molar-refractivity contribution in [3.63, 3.8) is 0 Å². The van der Waals surface area contributed by atoms with Gasteiger partial charge in [0, 0.05) is 5.39 Å². The van der Waals surface area contributed by atoms with Gasteiger partial charge in [0.05, 0.1) is 22.6 Å². The van der Waals surface area contributed by atoms with Crippen LogP contribution in [-0.2, 0) is 0 Å². The topological polar surface area (TPSA) is 93.5 Å². The third-order valence-electron chi connectivity index (χ3n) is 4.27. The fourth-order valence-corrected chi connectivity index (χ4v) is 2.81. The second kappa shape index (κ2) is 8.11. The second-order valence-corrected chi connectivity index (χ2v) is 6.21. The number of benzene rings is 4. The first kappa shape index (κ1) is 18.0. The lowest BCUT2D eigenvalue weighted by Crippen LogP contribution is -1.81. The number of rotatable bonds is 4. The maximum atomic E-state index is 10.4. The first-order chi connectivity index (χ1) is 14.2. The summed E-state index contributed by atoms with van der Waals surface area (Å²) in [5, 5.41) is 37.9. The second-order valence-electron chi connectivity index (χ2n) is 6.21. The average Bonchev–Trinajstić information content (AvgIpc) is 2.78. The van der Waals surface area contributed by atoms with Crippen LogP contribution in [0.2, 0.25) is 0 Å². The number of nitrogens with zero attached hydrogens (tertiary/aromatic N) is 5. The Balaban J connectivity index is 1.61. The summed E-state index contributed by atoms with van der Waals surface area (Å²) in [6.07, 6.45) is 0. The van der Waals surface area contributed by atoms with Gasteiger partial charge in [-0.2, -0.15) is 20.6 Å². The zero-order valence-electron chi connectivity index (χ0n) is 15.3. The van der Waals surface area contributed by atoms with Crippen molar-refractivity contribution in [2.45, 2.75) is 0 Å². The Hall–Kier alpha value is -4.37. The van der Waals surface area contributed by atoms with Gasteiger partial charge >= 0.3 is 0 Å². The van der Waals surface area contributed by atoms with Crippen molar-refractivity contribution in [2.75, 3.05) is 0 Å². The molecule has 0 unspecified atom stereocenters. The van der Waals surface area contributed by atoms with Crippen LogP contribution < -0.4 is 0 Å². The van der Waals surface area contributed by atoms with E-state index in [-0.39, 0.29) is 17.0 Å². The highest BCUT2D eigenvalue weighted by Gasteiger charge is 2.12. The molecule has 0 atom stereocenters. The lowest BCUT2D eigenvalue weighted by Gasteiger charge is -2.05. The fourth-order valence-electron chi connectivity index (χ4n) is 2.81. The Morgan fingerprint density at radius 2 is 1.21 bits per heavy atom. The molecule has 6 nitrogen and oxygen atoms in total. The van der Waals surface area contributed by atoms with E-state index in [2.05, 4.69) is 20.5 Å². The van der Waals surface area contributed by atoms with Crippen molar-refractivity contribution in [3.05, 3.63) is 90.5 Å². The van der Waals surface area contributed by atoms with Gasteiger partial charge in [-0.1, -0.05) is 42.5 Å². The van der Waals surface area contributed by atoms with E-state index in [0.29, 0.717) is 11.4 Å². The Kier molecular flexibility index (Phi) is 5.04. The monoisotopic (exact) mass is 377 g/mol. The SMILES string of the molecule is N#Cc1cc2ccccc2c(N=Nc2ccc(N=Nc3ccccc3)cc2)c1O. The maximum absolute atomic E-state index is 10.4. The molecule has 0 spiro atoms. The predicted molar refractivity (Wildman–Crippen MR) is 112 cm³/mol. The Bertz CT molecular complexity index is 1260. The van der Waals surface area contributed by atoms with Crippen LogP contribution in [0, 0.1) is 11.3 Å². The number of fused-ring (bicyclic) bond motifs is 1. The van der Waals surface area contributed by atoms with Crippen LogP contribution in [0.15, 0.2) is 105 Å². The largest absolute Gasteiger partial charge is 0.504 e. The van der Waals surface area contributed by atoms with Crippen molar-refractivity contribution < 1.29 is 5.11 Å². The van der Waals surface area contributed by atoms with E-state index in [0.717, 1.165) is 16.5 Å². The molecule has 1 N–H and O–H groups in total. The van der Waals surface area contributed by atoms with E-state index in [1.54, 1.807) is 30.3 Å². The Morgan fingerprint density at radius 3 is 1.86 bits per heavy atom. The number of nitriles is 1. The molecule has 0 aromatic heterocycles. The van der Waals surface area contributed by atoms with Crippen LogP contribution in [0.1, 0.15) is 5.56 Å². The van der Waals surface area contributed by atoms with Gasteiger partial charge < -0.3 is 5.11 Å². The molecule has 4 aromatic carbocycles. The van der Waals surface area contributed by atoms with E-state index < -0.39 is 0 Å². The Morgan fingerprint density at radius 1 is 0.655 bits per heavy atom. The zero-order chi connectivity index (χ0) is 20.1. The molecule has 0 aliphatic heterocycles. The van der Waals surface area contributed by atoms with E-state index in [4.69, 9.17) is 0 Å². The lowest BCUT2D eigenvalue weighted by molar-refractivity contribution is 0.475. The molecule has 0 heterocycles.